The van der Waals surface area contributed by atoms with Gasteiger partial charge in [0, 0.05) is 0 Å². The Bertz CT molecular complexity index is 297. The second kappa shape index (κ2) is 4.15. The van der Waals surface area contributed by atoms with Crippen LogP contribution in [-0.4, -0.2) is 19.8 Å². The zero-order valence-electron chi connectivity index (χ0n) is 8.69. The van der Waals surface area contributed by atoms with Crippen molar-refractivity contribution in [1.29, 1.82) is 0 Å². The second-order valence-electron chi connectivity index (χ2n) is 3.71. The Morgan fingerprint density at radius 3 is 2.57 bits per heavy atom. The lowest BCUT2D eigenvalue weighted by molar-refractivity contribution is 0.258. The van der Waals surface area contributed by atoms with Crippen LogP contribution in [0.25, 0.3) is 0 Å². The molecular weight excluding hydrogens is 175 g/mol. The van der Waals surface area contributed by atoms with Gasteiger partial charge in [-0.2, -0.15) is 0 Å². The molecule has 0 N–H and O–H groups in total. The van der Waals surface area contributed by atoms with Gasteiger partial charge >= 0.3 is 7.12 Å². The Kier molecular flexibility index (Phi) is 2.89. The van der Waals surface area contributed by atoms with E-state index in [4.69, 9.17) is 9.31 Å². The Balaban J connectivity index is 2.09. The van der Waals surface area contributed by atoms with E-state index < -0.39 is 0 Å². The van der Waals surface area contributed by atoms with E-state index >= 15 is 0 Å². The van der Waals surface area contributed by atoms with Gasteiger partial charge < -0.3 is 9.31 Å². The summed E-state index contributed by atoms with van der Waals surface area (Å²) in [7, 11) is -0.157. The molecule has 3 heteroatoms. The molecule has 0 radical (unpaired) electrons. The van der Waals surface area contributed by atoms with Crippen LogP contribution in [0.3, 0.4) is 0 Å². The molecule has 2 rings (SSSR count). The van der Waals surface area contributed by atoms with E-state index in [0.29, 0.717) is 6.61 Å². The molecule has 1 aromatic carbocycles. The molecule has 1 aromatic rings. The first kappa shape index (κ1) is 9.75. The zero-order chi connectivity index (χ0) is 9.97. The molecule has 1 unspecified atom stereocenters. The van der Waals surface area contributed by atoms with E-state index in [1.807, 2.05) is 6.92 Å². The summed E-state index contributed by atoms with van der Waals surface area (Å²) in [4.78, 5) is 0. The van der Waals surface area contributed by atoms with Crippen molar-refractivity contribution < 1.29 is 9.31 Å². The zero-order valence-corrected chi connectivity index (χ0v) is 8.69. The van der Waals surface area contributed by atoms with Crippen molar-refractivity contribution in [2.45, 2.75) is 26.4 Å². The average molecular weight is 190 g/mol. The van der Waals surface area contributed by atoms with Crippen LogP contribution in [0, 0.1) is 0 Å². The number of hydrogen-bond donors (Lipinski definition) is 0. The van der Waals surface area contributed by atoms with E-state index in [-0.39, 0.29) is 13.2 Å². The molecule has 0 spiro atoms. The summed E-state index contributed by atoms with van der Waals surface area (Å²) in [6.07, 6.45) is 1.29. The SMILES string of the molecule is CCc1ccc(B2OCC(C)O2)cc1. The molecule has 0 bridgehead atoms. The normalized spacial score (nSPS) is 21.6. The van der Waals surface area contributed by atoms with Gasteiger partial charge in [0.25, 0.3) is 0 Å². The van der Waals surface area contributed by atoms with E-state index in [9.17, 15) is 0 Å². The van der Waals surface area contributed by atoms with Crippen molar-refractivity contribution in [2.75, 3.05) is 6.61 Å². The van der Waals surface area contributed by atoms with Crippen molar-refractivity contribution in [3.63, 3.8) is 0 Å². The Labute approximate surface area is 85.4 Å². The predicted molar refractivity (Wildman–Crippen MR) is 57.7 cm³/mol. The van der Waals surface area contributed by atoms with E-state index in [1.165, 1.54) is 5.56 Å². The lowest BCUT2D eigenvalue weighted by Gasteiger charge is -2.05. The molecule has 0 aliphatic carbocycles. The highest BCUT2D eigenvalue weighted by molar-refractivity contribution is 6.61. The number of aryl methyl sites for hydroxylation is 1. The van der Waals surface area contributed by atoms with Crippen LogP contribution in [0.15, 0.2) is 24.3 Å². The summed E-state index contributed by atoms with van der Waals surface area (Å²) in [5.74, 6) is 0. The smallest absolute Gasteiger partial charge is 0.405 e. The Morgan fingerprint density at radius 1 is 1.36 bits per heavy atom. The molecule has 1 heterocycles. The van der Waals surface area contributed by atoms with Gasteiger partial charge in [0.1, 0.15) is 0 Å². The molecule has 74 valence electrons. The third kappa shape index (κ3) is 1.99. The monoisotopic (exact) mass is 190 g/mol. The van der Waals surface area contributed by atoms with Gasteiger partial charge in [-0.1, -0.05) is 31.2 Å². The number of benzene rings is 1. The molecule has 1 atom stereocenters. The first-order chi connectivity index (χ1) is 6.79. The fourth-order valence-electron chi connectivity index (χ4n) is 1.60. The minimum Gasteiger partial charge on any atom is -0.405 e. The number of rotatable bonds is 2. The maximum Gasteiger partial charge on any atom is 0.494 e. The molecule has 1 aliphatic rings. The second-order valence-corrected chi connectivity index (χ2v) is 3.71. The van der Waals surface area contributed by atoms with Crippen LogP contribution in [-0.2, 0) is 15.7 Å². The first-order valence-electron chi connectivity index (χ1n) is 5.15. The molecule has 0 saturated carbocycles. The van der Waals surface area contributed by atoms with Crippen molar-refractivity contribution in [1.82, 2.24) is 0 Å². The fourth-order valence-corrected chi connectivity index (χ4v) is 1.60. The standard InChI is InChI=1S/C11H15BO2/c1-3-10-4-6-11(7-5-10)12-13-8-9(2)14-12/h4-7,9H,3,8H2,1-2H3. The minimum absolute atomic E-state index is 0.157. The van der Waals surface area contributed by atoms with E-state index in [0.717, 1.165) is 11.9 Å². The number of hydrogen-bond acceptors (Lipinski definition) is 2. The molecule has 1 aliphatic heterocycles. The first-order valence-corrected chi connectivity index (χ1v) is 5.15. The van der Waals surface area contributed by atoms with Crippen LogP contribution < -0.4 is 5.46 Å². The summed E-state index contributed by atoms with van der Waals surface area (Å²) in [5, 5.41) is 0. The molecule has 0 aromatic heterocycles. The van der Waals surface area contributed by atoms with Crippen LogP contribution in [0.5, 0.6) is 0 Å². The van der Waals surface area contributed by atoms with Crippen LogP contribution in [0.1, 0.15) is 19.4 Å². The van der Waals surface area contributed by atoms with Gasteiger partial charge in [-0.25, -0.2) is 0 Å². The van der Waals surface area contributed by atoms with Crippen molar-refractivity contribution >= 4 is 12.6 Å². The van der Waals surface area contributed by atoms with Gasteiger partial charge in [-0.15, -0.1) is 0 Å². The van der Waals surface area contributed by atoms with Crippen molar-refractivity contribution in [2.24, 2.45) is 0 Å². The minimum atomic E-state index is -0.157. The molecule has 14 heavy (non-hydrogen) atoms. The van der Waals surface area contributed by atoms with Crippen LogP contribution in [0.4, 0.5) is 0 Å². The molecule has 2 nitrogen and oxygen atoms in total. The lowest BCUT2D eigenvalue weighted by Crippen LogP contribution is -2.32. The topological polar surface area (TPSA) is 18.5 Å². The van der Waals surface area contributed by atoms with Crippen LogP contribution in [0.2, 0.25) is 0 Å². The third-order valence-electron chi connectivity index (χ3n) is 2.50. The molecule has 1 saturated heterocycles. The van der Waals surface area contributed by atoms with Crippen LogP contribution >= 0.6 is 0 Å². The molecular formula is C11H15BO2. The highest BCUT2D eigenvalue weighted by Gasteiger charge is 2.30. The quantitative estimate of drug-likeness (QED) is 0.656. The maximum atomic E-state index is 5.60. The molecule has 1 fully saturated rings. The van der Waals surface area contributed by atoms with Crippen molar-refractivity contribution in [3.05, 3.63) is 29.8 Å². The largest absolute Gasteiger partial charge is 0.494 e. The summed E-state index contributed by atoms with van der Waals surface area (Å²) >= 11 is 0. The fraction of sp³-hybridized carbons (Fsp3) is 0.455. The van der Waals surface area contributed by atoms with Gasteiger partial charge in [0.15, 0.2) is 0 Å². The highest BCUT2D eigenvalue weighted by Crippen LogP contribution is 2.08. The summed E-state index contributed by atoms with van der Waals surface area (Å²) in [5.41, 5.74) is 2.46. The summed E-state index contributed by atoms with van der Waals surface area (Å²) in [6.45, 7) is 4.88. The maximum absolute atomic E-state index is 5.60. The average Bonchev–Trinajstić information content (AvgIpc) is 2.65. The Morgan fingerprint density at radius 2 is 2.07 bits per heavy atom. The van der Waals surface area contributed by atoms with E-state index in [2.05, 4.69) is 31.2 Å². The lowest BCUT2D eigenvalue weighted by atomic mass is 9.79. The van der Waals surface area contributed by atoms with Crippen molar-refractivity contribution in [3.8, 4) is 0 Å². The third-order valence-corrected chi connectivity index (χ3v) is 2.50. The van der Waals surface area contributed by atoms with Gasteiger partial charge in [-0.3, -0.25) is 0 Å². The van der Waals surface area contributed by atoms with Gasteiger partial charge in [0.05, 0.1) is 12.7 Å². The summed E-state index contributed by atoms with van der Waals surface area (Å²) in [6, 6.07) is 8.43. The predicted octanol–water partition coefficient (Wildman–Crippen LogP) is 1.38. The Hall–Kier alpha value is -0.795. The van der Waals surface area contributed by atoms with Gasteiger partial charge in [-0.05, 0) is 24.4 Å². The highest BCUT2D eigenvalue weighted by atomic mass is 16.6. The molecule has 0 amide bonds. The summed E-state index contributed by atoms with van der Waals surface area (Å²) < 4.78 is 11.1. The van der Waals surface area contributed by atoms with E-state index in [1.54, 1.807) is 0 Å². The van der Waals surface area contributed by atoms with Gasteiger partial charge in [0.2, 0.25) is 0 Å².